The molecule has 0 saturated heterocycles. The molecule has 1 aromatic carbocycles. The van der Waals surface area contributed by atoms with E-state index in [1.807, 2.05) is 0 Å². The Bertz CT molecular complexity index is 453. The van der Waals surface area contributed by atoms with Gasteiger partial charge in [0.05, 0.1) is 5.69 Å². The summed E-state index contributed by atoms with van der Waals surface area (Å²) < 4.78 is 13.3. The maximum atomic E-state index is 13.3. The summed E-state index contributed by atoms with van der Waals surface area (Å²) in [6.07, 6.45) is 5.45. The predicted molar refractivity (Wildman–Crippen MR) is 69.8 cm³/mol. The van der Waals surface area contributed by atoms with Crippen molar-refractivity contribution in [1.82, 2.24) is 5.32 Å². The molecular weight excluding hydrogens is 231 g/mol. The van der Waals surface area contributed by atoms with E-state index in [2.05, 4.69) is 12.2 Å². The summed E-state index contributed by atoms with van der Waals surface area (Å²) in [6, 6.07) is 4.17. The van der Waals surface area contributed by atoms with E-state index in [1.165, 1.54) is 18.6 Å². The van der Waals surface area contributed by atoms with Gasteiger partial charge in [-0.25, -0.2) is 4.39 Å². The average Bonchev–Trinajstić information content (AvgIpc) is 2.33. The van der Waals surface area contributed by atoms with Gasteiger partial charge >= 0.3 is 0 Å². The molecule has 1 saturated carbocycles. The molecule has 1 fully saturated rings. The molecule has 1 aliphatic carbocycles. The van der Waals surface area contributed by atoms with Gasteiger partial charge < -0.3 is 11.1 Å². The minimum atomic E-state index is -0.545. The van der Waals surface area contributed by atoms with Crippen LogP contribution in [0.5, 0.6) is 0 Å². The Labute approximate surface area is 107 Å². The molecule has 0 radical (unpaired) electrons. The average molecular weight is 250 g/mol. The lowest BCUT2D eigenvalue weighted by atomic mass is 9.83. The van der Waals surface area contributed by atoms with Crippen LogP contribution in [0.2, 0.25) is 0 Å². The van der Waals surface area contributed by atoms with E-state index in [1.54, 1.807) is 6.07 Å². The number of anilines is 1. The molecule has 2 rings (SSSR count). The van der Waals surface area contributed by atoms with Gasteiger partial charge in [-0.3, -0.25) is 4.79 Å². The van der Waals surface area contributed by atoms with Crippen LogP contribution in [0.1, 0.15) is 49.4 Å². The van der Waals surface area contributed by atoms with Crippen LogP contribution in [0.15, 0.2) is 18.2 Å². The lowest BCUT2D eigenvalue weighted by molar-refractivity contribution is 0.0882. The molecule has 0 unspecified atom stereocenters. The molecule has 0 aliphatic heterocycles. The van der Waals surface area contributed by atoms with Crippen molar-refractivity contribution in [1.29, 1.82) is 0 Å². The van der Waals surface area contributed by atoms with Gasteiger partial charge in [0.1, 0.15) is 5.82 Å². The number of nitrogens with one attached hydrogen (secondary N) is 1. The summed E-state index contributed by atoms with van der Waals surface area (Å²) >= 11 is 0. The number of benzene rings is 1. The summed E-state index contributed by atoms with van der Waals surface area (Å²) in [5, 5.41) is 3.01. The first kappa shape index (κ1) is 12.9. The molecular formula is C14H19FN2O. The van der Waals surface area contributed by atoms with Crippen LogP contribution in [-0.2, 0) is 0 Å². The monoisotopic (exact) mass is 250 g/mol. The molecule has 3 N–H and O–H groups in total. The number of amides is 1. The first-order valence-electron chi connectivity index (χ1n) is 6.38. The predicted octanol–water partition coefficient (Wildman–Crippen LogP) is 2.86. The number of hydrogen-bond acceptors (Lipinski definition) is 2. The Kier molecular flexibility index (Phi) is 3.55. The molecule has 0 bridgehead atoms. The second-order valence-corrected chi connectivity index (χ2v) is 5.31. The summed E-state index contributed by atoms with van der Waals surface area (Å²) in [6.45, 7) is 2.05. The quantitative estimate of drug-likeness (QED) is 0.793. The number of carbonyl (C=O) groups excluding carboxylic acids is 1. The maximum Gasteiger partial charge on any atom is 0.251 e. The van der Waals surface area contributed by atoms with Gasteiger partial charge in [-0.2, -0.15) is 0 Å². The SMILES string of the molecule is CC1(NC(=O)c2ccc(N)c(F)c2)CCCCC1. The molecule has 98 valence electrons. The number of carbonyl (C=O) groups is 1. The fourth-order valence-corrected chi connectivity index (χ4v) is 2.47. The topological polar surface area (TPSA) is 55.1 Å². The molecule has 0 atom stereocenters. The number of nitrogen functional groups attached to an aromatic ring is 1. The Hall–Kier alpha value is -1.58. The third kappa shape index (κ3) is 2.81. The Balaban J connectivity index is 2.09. The van der Waals surface area contributed by atoms with Gasteiger partial charge in [0.2, 0.25) is 0 Å². The van der Waals surface area contributed by atoms with E-state index in [0.29, 0.717) is 5.56 Å². The molecule has 4 heteroatoms. The number of halogens is 1. The van der Waals surface area contributed by atoms with Gasteiger partial charge in [0.25, 0.3) is 5.91 Å². The van der Waals surface area contributed by atoms with Crippen molar-refractivity contribution in [2.75, 3.05) is 5.73 Å². The van der Waals surface area contributed by atoms with E-state index in [4.69, 9.17) is 5.73 Å². The third-order valence-corrected chi connectivity index (χ3v) is 3.64. The molecule has 0 aromatic heterocycles. The zero-order valence-electron chi connectivity index (χ0n) is 10.6. The molecule has 18 heavy (non-hydrogen) atoms. The smallest absolute Gasteiger partial charge is 0.251 e. The number of rotatable bonds is 2. The highest BCUT2D eigenvalue weighted by molar-refractivity contribution is 5.95. The van der Waals surface area contributed by atoms with Crippen LogP contribution in [0.3, 0.4) is 0 Å². The van der Waals surface area contributed by atoms with Crippen molar-refractivity contribution in [2.45, 2.75) is 44.6 Å². The molecule has 1 aliphatic rings. The Morgan fingerprint density at radius 1 is 1.33 bits per heavy atom. The Morgan fingerprint density at radius 3 is 2.61 bits per heavy atom. The first-order valence-corrected chi connectivity index (χ1v) is 6.38. The summed E-state index contributed by atoms with van der Waals surface area (Å²) in [7, 11) is 0. The number of nitrogens with two attached hydrogens (primary N) is 1. The van der Waals surface area contributed by atoms with Gasteiger partial charge in [-0.15, -0.1) is 0 Å². The minimum Gasteiger partial charge on any atom is -0.396 e. The van der Waals surface area contributed by atoms with Crippen LogP contribution in [-0.4, -0.2) is 11.4 Å². The highest BCUT2D eigenvalue weighted by Crippen LogP contribution is 2.28. The first-order chi connectivity index (χ1) is 8.50. The molecule has 0 heterocycles. The summed E-state index contributed by atoms with van der Waals surface area (Å²) in [4.78, 5) is 12.1. The van der Waals surface area contributed by atoms with Gasteiger partial charge in [0.15, 0.2) is 0 Å². The van der Waals surface area contributed by atoms with Crippen molar-refractivity contribution in [3.05, 3.63) is 29.6 Å². The summed E-state index contributed by atoms with van der Waals surface area (Å²) in [5.41, 5.74) is 5.63. The molecule has 1 amide bonds. The third-order valence-electron chi connectivity index (χ3n) is 3.64. The lowest BCUT2D eigenvalue weighted by Crippen LogP contribution is -2.47. The van der Waals surface area contributed by atoms with E-state index in [0.717, 1.165) is 25.7 Å². The van der Waals surface area contributed by atoms with Crippen molar-refractivity contribution >= 4 is 11.6 Å². The lowest BCUT2D eigenvalue weighted by Gasteiger charge is -2.34. The van der Waals surface area contributed by atoms with E-state index >= 15 is 0 Å². The van der Waals surface area contributed by atoms with Gasteiger partial charge in [0, 0.05) is 11.1 Å². The van der Waals surface area contributed by atoms with Crippen LogP contribution in [0.25, 0.3) is 0 Å². The largest absolute Gasteiger partial charge is 0.396 e. The fraction of sp³-hybridized carbons (Fsp3) is 0.500. The van der Waals surface area contributed by atoms with Gasteiger partial charge in [-0.1, -0.05) is 19.3 Å². The molecule has 1 aromatic rings. The maximum absolute atomic E-state index is 13.3. The van der Waals surface area contributed by atoms with Gasteiger partial charge in [-0.05, 0) is 38.0 Å². The fourth-order valence-electron chi connectivity index (χ4n) is 2.47. The van der Waals surface area contributed by atoms with Crippen molar-refractivity contribution in [2.24, 2.45) is 0 Å². The van der Waals surface area contributed by atoms with Crippen molar-refractivity contribution in [3.63, 3.8) is 0 Å². The Morgan fingerprint density at radius 2 is 2.00 bits per heavy atom. The minimum absolute atomic E-state index is 0.0652. The number of hydrogen-bond donors (Lipinski definition) is 2. The highest BCUT2D eigenvalue weighted by Gasteiger charge is 2.28. The van der Waals surface area contributed by atoms with Crippen LogP contribution < -0.4 is 11.1 Å². The standard InChI is InChI=1S/C14H19FN2O/c1-14(7-3-2-4-8-14)17-13(18)10-5-6-12(16)11(15)9-10/h5-6,9H,2-4,7-8,16H2,1H3,(H,17,18). The second kappa shape index (κ2) is 4.96. The van der Waals surface area contributed by atoms with Crippen molar-refractivity contribution < 1.29 is 9.18 Å². The van der Waals surface area contributed by atoms with E-state index < -0.39 is 5.82 Å². The highest BCUT2D eigenvalue weighted by atomic mass is 19.1. The zero-order chi connectivity index (χ0) is 13.2. The van der Waals surface area contributed by atoms with Crippen molar-refractivity contribution in [3.8, 4) is 0 Å². The molecule has 3 nitrogen and oxygen atoms in total. The van der Waals surface area contributed by atoms with E-state index in [9.17, 15) is 9.18 Å². The van der Waals surface area contributed by atoms with Crippen LogP contribution in [0, 0.1) is 5.82 Å². The zero-order valence-corrected chi connectivity index (χ0v) is 10.6. The van der Waals surface area contributed by atoms with E-state index in [-0.39, 0.29) is 17.1 Å². The summed E-state index contributed by atoms with van der Waals surface area (Å²) in [5.74, 6) is -0.769. The van der Waals surface area contributed by atoms with Crippen LogP contribution in [0.4, 0.5) is 10.1 Å². The normalized spacial score (nSPS) is 18.3. The van der Waals surface area contributed by atoms with Crippen LogP contribution >= 0.6 is 0 Å². The second-order valence-electron chi connectivity index (χ2n) is 5.31. The molecule has 0 spiro atoms.